The molecule has 20 heavy (non-hydrogen) atoms. The zero-order valence-corrected chi connectivity index (χ0v) is 12.4. The van der Waals surface area contributed by atoms with Gasteiger partial charge < -0.3 is 15.0 Å². The summed E-state index contributed by atoms with van der Waals surface area (Å²) in [6.45, 7) is 1.44. The Labute approximate surface area is 121 Å². The van der Waals surface area contributed by atoms with E-state index in [0.717, 1.165) is 12.2 Å². The number of nitrogens with zero attached hydrogens (tertiary/aromatic N) is 1. The van der Waals surface area contributed by atoms with E-state index >= 15 is 0 Å². The molecule has 0 aromatic heterocycles. The van der Waals surface area contributed by atoms with Crippen molar-refractivity contribution in [1.82, 2.24) is 0 Å². The van der Waals surface area contributed by atoms with E-state index < -0.39 is 0 Å². The molecule has 2 aromatic carbocycles. The average Bonchev–Trinajstić information content (AvgIpc) is 2.47. The van der Waals surface area contributed by atoms with Crippen LogP contribution in [0.2, 0.25) is 0 Å². The fourth-order valence-corrected chi connectivity index (χ4v) is 2.23. The van der Waals surface area contributed by atoms with Crippen LogP contribution in [0.1, 0.15) is 11.1 Å². The minimum atomic E-state index is 0.646. The second kappa shape index (κ2) is 6.96. The van der Waals surface area contributed by atoms with Crippen LogP contribution in [0.5, 0.6) is 0 Å². The van der Waals surface area contributed by atoms with E-state index in [-0.39, 0.29) is 0 Å². The smallest absolute Gasteiger partial charge is 0.0716 e. The van der Waals surface area contributed by atoms with Gasteiger partial charge in [0, 0.05) is 27.7 Å². The topological polar surface area (TPSA) is 24.5 Å². The van der Waals surface area contributed by atoms with Gasteiger partial charge in [-0.2, -0.15) is 0 Å². The summed E-state index contributed by atoms with van der Waals surface area (Å²) >= 11 is 0. The van der Waals surface area contributed by atoms with E-state index in [1.807, 2.05) is 6.07 Å². The molecule has 0 saturated carbocycles. The molecule has 0 aliphatic heterocycles. The molecule has 3 heteroatoms. The number of methoxy groups -OCH3 is 1. The zero-order valence-electron chi connectivity index (χ0n) is 12.4. The fraction of sp³-hybridized carbons (Fsp3) is 0.294. The average molecular weight is 270 g/mol. The maximum absolute atomic E-state index is 5.25. The molecule has 0 saturated heterocycles. The summed E-state index contributed by atoms with van der Waals surface area (Å²) in [6.07, 6.45) is 0. The third-order valence-corrected chi connectivity index (χ3v) is 3.27. The van der Waals surface area contributed by atoms with Crippen LogP contribution in [0.25, 0.3) is 0 Å². The maximum atomic E-state index is 5.25. The van der Waals surface area contributed by atoms with Crippen LogP contribution in [0.15, 0.2) is 48.5 Å². The van der Waals surface area contributed by atoms with Crippen LogP contribution in [-0.4, -0.2) is 21.2 Å². The molecule has 3 nitrogen and oxygen atoms in total. The summed E-state index contributed by atoms with van der Waals surface area (Å²) in [6, 6.07) is 16.7. The van der Waals surface area contributed by atoms with E-state index in [0.29, 0.717) is 6.61 Å². The van der Waals surface area contributed by atoms with Gasteiger partial charge in [0.25, 0.3) is 0 Å². The van der Waals surface area contributed by atoms with E-state index in [4.69, 9.17) is 4.74 Å². The molecule has 0 aliphatic carbocycles. The Balaban J connectivity index is 2.13. The van der Waals surface area contributed by atoms with Crippen molar-refractivity contribution in [2.45, 2.75) is 13.2 Å². The molecule has 0 fully saturated rings. The lowest BCUT2D eigenvalue weighted by Crippen LogP contribution is -2.12. The number of hydrogen-bond donors (Lipinski definition) is 1. The maximum Gasteiger partial charge on any atom is 0.0716 e. The predicted molar refractivity (Wildman–Crippen MR) is 85.3 cm³/mol. The highest BCUT2D eigenvalue weighted by Gasteiger charge is 2.05. The summed E-state index contributed by atoms with van der Waals surface area (Å²) < 4.78 is 5.25. The highest BCUT2D eigenvalue weighted by Crippen LogP contribution is 2.24. The summed E-state index contributed by atoms with van der Waals surface area (Å²) in [5, 5.41) is 3.51. The van der Waals surface area contributed by atoms with Crippen LogP contribution in [-0.2, 0) is 17.9 Å². The van der Waals surface area contributed by atoms with Crippen LogP contribution >= 0.6 is 0 Å². The van der Waals surface area contributed by atoms with E-state index in [9.17, 15) is 0 Å². The van der Waals surface area contributed by atoms with Crippen molar-refractivity contribution in [3.63, 3.8) is 0 Å². The largest absolute Gasteiger partial charge is 0.380 e. The van der Waals surface area contributed by atoms with Gasteiger partial charge in [0.15, 0.2) is 0 Å². The molecule has 0 radical (unpaired) electrons. The number of rotatable bonds is 6. The number of benzene rings is 2. The van der Waals surface area contributed by atoms with Gasteiger partial charge in [0.2, 0.25) is 0 Å². The number of para-hydroxylation sites is 2. The lowest BCUT2D eigenvalue weighted by atomic mass is 10.1. The molecule has 0 atom stereocenters. The summed E-state index contributed by atoms with van der Waals surface area (Å²) in [7, 11) is 5.84. The van der Waals surface area contributed by atoms with Gasteiger partial charge in [-0.25, -0.2) is 0 Å². The SMILES string of the molecule is COCc1ccccc1CNc1ccccc1N(C)C. The molecule has 0 spiro atoms. The Morgan fingerprint density at radius 3 is 2.30 bits per heavy atom. The van der Waals surface area contributed by atoms with Crippen LogP contribution in [0.3, 0.4) is 0 Å². The lowest BCUT2D eigenvalue weighted by molar-refractivity contribution is 0.184. The molecule has 1 N–H and O–H groups in total. The minimum absolute atomic E-state index is 0.646. The van der Waals surface area contributed by atoms with E-state index in [2.05, 4.69) is 66.8 Å². The molecule has 0 bridgehead atoms. The first-order valence-electron chi connectivity index (χ1n) is 6.78. The zero-order chi connectivity index (χ0) is 14.4. The van der Waals surface area contributed by atoms with Crippen molar-refractivity contribution in [3.8, 4) is 0 Å². The second-order valence-corrected chi connectivity index (χ2v) is 4.97. The van der Waals surface area contributed by atoms with Crippen LogP contribution in [0.4, 0.5) is 11.4 Å². The quantitative estimate of drug-likeness (QED) is 0.869. The molecular formula is C17H22N2O. The second-order valence-electron chi connectivity index (χ2n) is 4.97. The Hall–Kier alpha value is -2.00. The van der Waals surface area contributed by atoms with Crippen molar-refractivity contribution < 1.29 is 4.74 Å². The van der Waals surface area contributed by atoms with Crippen molar-refractivity contribution in [2.24, 2.45) is 0 Å². The Kier molecular flexibility index (Phi) is 5.02. The van der Waals surface area contributed by atoms with Gasteiger partial charge in [-0.15, -0.1) is 0 Å². The number of hydrogen-bond acceptors (Lipinski definition) is 3. The van der Waals surface area contributed by atoms with Crippen LogP contribution in [0, 0.1) is 0 Å². The van der Waals surface area contributed by atoms with Crippen molar-refractivity contribution in [1.29, 1.82) is 0 Å². The van der Waals surface area contributed by atoms with Gasteiger partial charge in [-0.05, 0) is 23.3 Å². The van der Waals surface area contributed by atoms with Gasteiger partial charge in [-0.1, -0.05) is 36.4 Å². The standard InChI is InChI=1S/C17H22N2O/c1-19(2)17-11-7-6-10-16(17)18-12-14-8-4-5-9-15(14)13-20-3/h4-11,18H,12-13H2,1-3H3. The first-order valence-corrected chi connectivity index (χ1v) is 6.78. The van der Waals surface area contributed by atoms with Gasteiger partial charge in [0.05, 0.1) is 18.0 Å². The molecule has 0 unspecified atom stereocenters. The first kappa shape index (κ1) is 14.4. The summed E-state index contributed by atoms with van der Waals surface area (Å²) in [5.41, 5.74) is 4.83. The molecular weight excluding hydrogens is 248 g/mol. The molecule has 2 aromatic rings. The monoisotopic (exact) mass is 270 g/mol. The molecule has 106 valence electrons. The first-order chi connectivity index (χ1) is 9.72. The third kappa shape index (κ3) is 3.52. The lowest BCUT2D eigenvalue weighted by Gasteiger charge is -2.19. The number of anilines is 2. The normalized spacial score (nSPS) is 10.3. The predicted octanol–water partition coefficient (Wildman–Crippen LogP) is 3.51. The van der Waals surface area contributed by atoms with E-state index in [1.165, 1.54) is 16.8 Å². The highest BCUT2D eigenvalue weighted by molar-refractivity contribution is 5.69. The molecule has 2 rings (SSSR count). The summed E-state index contributed by atoms with van der Waals surface area (Å²) in [4.78, 5) is 2.11. The Bertz CT molecular complexity index is 552. The number of ether oxygens (including phenoxy) is 1. The minimum Gasteiger partial charge on any atom is -0.380 e. The van der Waals surface area contributed by atoms with Crippen molar-refractivity contribution >= 4 is 11.4 Å². The number of nitrogens with one attached hydrogen (secondary N) is 1. The van der Waals surface area contributed by atoms with Gasteiger partial charge in [-0.3, -0.25) is 0 Å². The highest BCUT2D eigenvalue weighted by atomic mass is 16.5. The molecule has 0 aliphatic rings. The summed E-state index contributed by atoms with van der Waals surface area (Å²) in [5.74, 6) is 0. The Morgan fingerprint density at radius 2 is 1.60 bits per heavy atom. The molecule has 0 amide bonds. The van der Waals surface area contributed by atoms with Crippen molar-refractivity contribution in [2.75, 3.05) is 31.4 Å². The third-order valence-electron chi connectivity index (χ3n) is 3.27. The van der Waals surface area contributed by atoms with Crippen molar-refractivity contribution in [3.05, 3.63) is 59.7 Å². The van der Waals surface area contributed by atoms with Gasteiger partial charge in [0.1, 0.15) is 0 Å². The molecule has 0 heterocycles. The fourth-order valence-electron chi connectivity index (χ4n) is 2.23. The van der Waals surface area contributed by atoms with Crippen LogP contribution < -0.4 is 10.2 Å². The van der Waals surface area contributed by atoms with E-state index in [1.54, 1.807) is 7.11 Å². The Morgan fingerprint density at radius 1 is 0.950 bits per heavy atom. The van der Waals surface area contributed by atoms with Gasteiger partial charge >= 0.3 is 0 Å².